The molecule has 0 aromatic heterocycles. The van der Waals surface area contributed by atoms with Gasteiger partial charge in [-0.25, -0.2) is 4.57 Å². The van der Waals surface area contributed by atoms with Crippen LogP contribution in [0.3, 0.4) is 0 Å². The average Bonchev–Trinajstić information content (AvgIpc) is 3.37. The van der Waals surface area contributed by atoms with Crippen LogP contribution < -0.4 is 0 Å². The third kappa shape index (κ3) is 53.3. The van der Waals surface area contributed by atoms with Crippen LogP contribution in [0.25, 0.3) is 0 Å². The van der Waals surface area contributed by atoms with Crippen LogP contribution in [0.2, 0.25) is 0 Å². The van der Waals surface area contributed by atoms with Gasteiger partial charge in [0.05, 0.1) is 19.8 Å². The lowest BCUT2D eigenvalue weighted by molar-refractivity contribution is -0.161. The maximum atomic E-state index is 12.9. The normalized spacial score (nSPS) is 13.2. The van der Waals surface area contributed by atoms with E-state index in [1.807, 2.05) is 0 Å². The molecule has 0 aliphatic heterocycles. The standard InChI is InChI=1S/C60H117O11P/c1-4-7-10-13-16-19-22-24-26-27-28-29-31-32-35-37-40-43-46-49-58(62)67-53-57(71-60(64)51-48-45-42-39-36-33-30-25-23-20-17-14-11-8-5-2)55-69-72(65,66)68-54-56(52-61)70-59(63)50-47-44-41-38-34-21-18-15-12-9-6-3/h56-57,61H,4-55H2,1-3H3,(H,65,66). The van der Waals surface area contributed by atoms with E-state index in [1.165, 1.54) is 212 Å². The van der Waals surface area contributed by atoms with Crippen LogP contribution in [0.5, 0.6) is 0 Å². The van der Waals surface area contributed by atoms with Crippen LogP contribution in [-0.4, -0.2) is 66.5 Å². The van der Waals surface area contributed by atoms with Gasteiger partial charge < -0.3 is 24.2 Å². The Bertz CT molecular complexity index is 1220. The highest BCUT2D eigenvalue weighted by Crippen LogP contribution is 2.43. The van der Waals surface area contributed by atoms with Crippen molar-refractivity contribution in [2.75, 3.05) is 26.4 Å². The molecule has 3 atom stereocenters. The van der Waals surface area contributed by atoms with Crippen molar-refractivity contribution in [3.63, 3.8) is 0 Å². The minimum absolute atomic E-state index is 0.179. The summed E-state index contributed by atoms with van der Waals surface area (Å²) >= 11 is 0. The fourth-order valence-electron chi connectivity index (χ4n) is 9.30. The van der Waals surface area contributed by atoms with E-state index in [0.717, 1.165) is 57.8 Å². The molecule has 12 heteroatoms. The molecule has 428 valence electrons. The predicted molar refractivity (Wildman–Crippen MR) is 298 cm³/mol. The van der Waals surface area contributed by atoms with Crippen LogP contribution >= 0.6 is 7.82 Å². The summed E-state index contributed by atoms with van der Waals surface area (Å²) in [5.41, 5.74) is 0. The second-order valence-corrected chi connectivity index (χ2v) is 22.7. The lowest BCUT2D eigenvalue weighted by Gasteiger charge is -2.21. The summed E-state index contributed by atoms with van der Waals surface area (Å²) in [7, 11) is -4.73. The number of aliphatic hydroxyl groups excluding tert-OH is 1. The van der Waals surface area contributed by atoms with Gasteiger partial charge in [-0.05, 0) is 19.3 Å². The van der Waals surface area contributed by atoms with Gasteiger partial charge in [-0.2, -0.15) is 0 Å². The zero-order valence-corrected chi connectivity index (χ0v) is 48.3. The van der Waals surface area contributed by atoms with Crippen LogP contribution in [0.4, 0.5) is 0 Å². The second kappa shape index (κ2) is 55.7. The van der Waals surface area contributed by atoms with Crippen molar-refractivity contribution in [1.29, 1.82) is 0 Å². The highest BCUT2D eigenvalue weighted by atomic mass is 31.2. The minimum Gasteiger partial charge on any atom is -0.462 e. The van der Waals surface area contributed by atoms with Crippen LogP contribution in [0.15, 0.2) is 0 Å². The van der Waals surface area contributed by atoms with Crippen LogP contribution in [-0.2, 0) is 42.2 Å². The lowest BCUT2D eigenvalue weighted by atomic mass is 10.0. The highest BCUT2D eigenvalue weighted by molar-refractivity contribution is 7.47. The predicted octanol–water partition coefficient (Wildman–Crippen LogP) is 18.3. The van der Waals surface area contributed by atoms with Gasteiger partial charge in [0.25, 0.3) is 0 Å². The molecule has 0 heterocycles. The lowest BCUT2D eigenvalue weighted by Crippen LogP contribution is -2.30. The number of phosphoric acid groups is 1. The fraction of sp³-hybridized carbons (Fsp3) is 0.950. The molecular weight excluding hydrogens is 928 g/mol. The Balaban J connectivity index is 4.62. The number of carbonyl (C=O) groups excluding carboxylic acids is 3. The highest BCUT2D eigenvalue weighted by Gasteiger charge is 2.28. The van der Waals surface area contributed by atoms with Gasteiger partial charge in [0, 0.05) is 19.3 Å². The Kier molecular flexibility index (Phi) is 54.5. The molecule has 11 nitrogen and oxygen atoms in total. The maximum Gasteiger partial charge on any atom is 0.472 e. The van der Waals surface area contributed by atoms with E-state index in [1.54, 1.807) is 0 Å². The topological polar surface area (TPSA) is 155 Å². The van der Waals surface area contributed by atoms with E-state index in [-0.39, 0.29) is 25.9 Å². The number of esters is 3. The minimum atomic E-state index is -4.73. The summed E-state index contributed by atoms with van der Waals surface area (Å²) in [5.74, 6) is -1.42. The Morgan fingerprint density at radius 3 is 0.819 bits per heavy atom. The van der Waals surface area contributed by atoms with Crippen molar-refractivity contribution in [3.8, 4) is 0 Å². The molecular formula is C60H117O11P. The molecule has 2 N–H and O–H groups in total. The molecule has 0 aliphatic carbocycles. The summed E-state index contributed by atoms with van der Waals surface area (Å²) in [6, 6.07) is 0. The smallest absolute Gasteiger partial charge is 0.462 e. The van der Waals surface area contributed by atoms with E-state index in [9.17, 15) is 28.9 Å². The summed E-state index contributed by atoms with van der Waals surface area (Å²) in [6.07, 6.45) is 53.5. The molecule has 0 saturated heterocycles. The summed E-state index contributed by atoms with van der Waals surface area (Å²) in [4.78, 5) is 48.6. The first kappa shape index (κ1) is 70.5. The fourth-order valence-corrected chi connectivity index (χ4v) is 10.1. The SMILES string of the molecule is CCCCCCCCCCCCCCCCCCCCCC(=O)OCC(COP(=O)(O)OCC(CO)OC(=O)CCCCCCCCCCCCC)OC(=O)CCCCCCCCCCCCCCCCC. The molecule has 0 rings (SSSR count). The van der Waals surface area contributed by atoms with Crippen molar-refractivity contribution < 1.29 is 52.2 Å². The molecule has 0 radical (unpaired) electrons. The van der Waals surface area contributed by atoms with Crippen molar-refractivity contribution in [3.05, 3.63) is 0 Å². The monoisotopic (exact) mass is 1040 g/mol. The zero-order valence-electron chi connectivity index (χ0n) is 47.4. The Morgan fingerprint density at radius 2 is 0.556 bits per heavy atom. The summed E-state index contributed by atoms with van der Waals surface area (Å²) in [5, 5.41) is 9.80. The average molecular weight is 1050 g/mol. The number of phosphoric ester groups is 1. The maximum absolute atomic E-state index is 12.9. The van der Waals surface area contributed by atoms with Gasteiger partial charge in [-0.15, -0.1) is 0 Å². The van der Waals surface area contributed by atoms with Crippen molar-refractivity contribution >= 4 is 25.7 Å². The summed E-state index contributed by atoms with van der Waals surface area (Å²) < 4.78 is 39.6. The molecule has 0 aromatic rings. The Labute approximate surface area is 443 Å². The van der Waals surface area contributed by atoms with Crippen LogP contribution in [0.1, 0.15) is 329 Å². The molecule has 72 heavy (non-hydrogen) atoms. The first-order chi connectivity index (χ1) is 35.2. The molecule has 0 aliphatic rings. The number of hydrogen-bond acceptors (Lipinski definition) is 10. The van der Waals surface area contributed by atoms with E-state index >= 15 is 0 Å². The number of unbranched alkanes of at least 4 members (excludes halogenated alkanes) is 42. The van der Waals surface area contributed by atoms with Crippen molar-refractivity contribution in [2.45, 2.75) is 341 Å². The number of carbonyl (C=O) groups is 3. The third-order valence-electron chi connectivity index (χ3n) is 14.0. The van der Waals surface area contributed by atoms with Gasteiger partial charge in [0.2, 0.25) is 0 Å². The van der Waals surface area contributed by atoms with Crippen molar-refractivity contribution in [1.82, 2.24) is 0 Å². The van der Waals surface area contributed by atoms with Gasteiger partial charge in [-0.3, -0.25) is 23.4 Å². The van der Waals surface area contributed by atoms with Gasteiger partial charge in [0.15, 0.2) is 6.10 Å². The van der Waals surface area contributed by atoms with Gasteiger partial charge in [0.1, 0.15) is 12.7 Å². The molecule has 0 saturated carbocycles. The molecule has 0 spiro atoms. The first-order valence-electron chi connectivity index (χ1n) is 30.9. The molecule has 0 amide bonds. The summed E-state index contributed by atoms with van der Waals surface area (Å²) in [6.45, 7) is 4.72. The molecule has 3 unspecified atom stereocenters. The Morgan fingerprint density at radius 1 is 0.333 bits per heavy atom. The Hall–Kier alpha value is -1.52. The van der Waals surface area contributed by atoms with Crippen molar-refractivity contribution in [2.24, 2.45) is 0 Å². The molecule has 0 fully saturated rings. The number of aliphatic hydroxyl groups is 1. The molecule has 0 aromatic carbocycles. The van der Waals surface area contributed by atoms with E-state index < -0.39 is 57.8 Å². The third-order valence-corrected chi connectivity index (χ3v) is 15.0. The quantitative estimate of drug-likeness (QED) is 0.0259. The van der Waals surface area contributed by atoms with Gasteiger partial charge >= 0.3 is 25.7 Å². The first-order valence-corrected chi connectivity index (χ1v) is 32.4. The number of hydrogen-bond donors (Lipinski definition) is 2. The number of ether oxygens (including phenoxy) is 3. The zero-order chi connectivity index (χ0) is 52.7. The van der Waals surface area contributed by atoms with E-state index in [0.29, 0.717) is 19.3 Å². The van der Waals surface area contributed by atoms with E-state index in [2.05, 4.69) is 20.8 Å². The molecule has 0 bridgehead atoms. The van der Waals surface area contributed by atoms with E-state index in [4.69, 9.17) is 23.3 Å². The largest absolute Gasteiger partial charge is 0.472 e. The second-order valence-electron chi connectivity index (χ2n) is 21.2. The van der Waals surface area contributed by atoms with Crippen LogP contribution in [0, 0.1) is 0 Å². The number of rotatable bonds is 59. The van der Waals surface area contributed by atoms with Gasteiger partial charge in [-0.1, -0.05) is 290 Å².